The van der Waals surface area contributed by atoms with Crippen LogP contribution in [0.2, 0.25) is 0 Å². The second kappa shape index (κ2) is 15.5. The van der Waals surface area contributed by atoms with Gasteiger partial charge in [-0.2, -0.15) is 4.98 Å². The van der Waals surface area contributed by atoms with Gasteiger partial charge in [0.05, 0.1) is 0 Å². The van der Waals surface area contributed by atoms with Gasteiger partial charge in [-0.15, -0.1) is 0 Å². The summed E-state index contributed by atoms with van der Waals surface area (Å²) >= 11 is 2.12. The highest BCUT2D eigenvalue weighted by atomic mass is 127. The molecule has 246 valence electrons. The van der Waals surface area contributed by atoms with E-state index >= 15 is 0 Å². The van der Waals surface area contributed by atoms with Crippen molar-refractivity contribution in [2.45, 2.75) is 45.8 Å². The molecular weight excluding hydrogens is 719 g/mol. The number of nitrogens with one attached hydrogen (secondary N) is 4. The van der Waals surface area contributed by atoms with Crippen LogP contribution in [-0.2, 0) is 16.0 Å². The van der Waals surface area contributed by atoms with Crippen LogP contribution < -0.4 is 21.3 Å². The maximum Gasteiger partial charge on any atom is 0.412 e. The maximum absolute atomic E-state index is 12.4. The number of Topliss-reactive ketones (excluding diaryl/α,β-unsaturated/α-hetero) is 1. The fourth-order valence-corrected chi connectivity index (χ4v) is 5.11. The summed E-state index contributed by atoms with van der Waals surface area (Å²) in [4.78, 5) is 52.3. The van der Waals surface area contributed by atoms with E-state index in [0.29, 0.717) is 40.3 Å². The Morgan fingerprint density at radius 1 is 0.957 bits per heavy atom. The number of ether oxygens (including phenoxy) is 1. The first-order valence-electron chi connectivity index (χ1n) is 14.6. The van der Waals surface area contributed by atoms with Gasteiger partial charge in [0.1, 0.15) is 11.6 Å². The molecular formula is C33H35IN6O7. The zero-order valence-corrected chi connectivity index (χ0v) is 28.4. The molecule has 1 aromatic heterocycles. The highest BCUT2D eigenvalue weighted by Crippen LogP contribution is 2.28. The molecule has 4 rings (SSSR count). The molecule has 1 heterocycles. The summed E-state index contributed by atoms with van der Waals surface area (Å²) in [5.41, 5.74) is 3.36. The minimum atomic E-state index is -1.17. The summed E-state index contributed by atoms with van der Waals surface area (Å²) in [7, 11) is 0. The summed E-state index contributed by atoms with van der Waals surface area (Å²) in [5, 5.41) is 24.8. The third-order valence-corrected chi connectivity index (χ3v) is 7.44. The molecule has 3 aromatic carbocycles. The number of hydrogen-bond acceptors (Lipinski definition) is 9. The lowest BCUT2D eigenvalue weighted by Crippen LogP contribution is -2.48. The topological polar surface area (TPSA) is 185 Å². The molecule has 47 heavy (non-hydrogen) atoms. The third-order valence-electron chi connectivity index (χ3n) is 6.55. The molecule has 14 heteroatoms. The second-order valence-electron chi connectivity index (χ2n) is 11.5. The Bertz CT molecular complexity index is 1730. The molecule has 1 atom stereocenters. The minimum absolute atomic E-state index is 0.0224. The lowest BCUT2D eigenvalue weighted by atomic mass is 10.0. The Kier molecular flexibility index (Phi) is 11.5. The number of amides is 3. The van der Waals surface area contributed by atoms with Gasteiger partial charge in [0, 0.05) is 51.1 Å². The van der Waals surface area contributed by atoms with Crippen molar-refractivity contribution in [2.75, 3.05) is 23.7 Å². The largest absolute Gasteiger partial charge is 0.480 e. The summed E-state index contributed by atoms with van der Waals surface area (Å²) < 4.78 is 11.5. The Labute approximate surface area is 285 Å². The number of aliphatic carboxylic acids is 1. The normalized spacial score (nSPS) is 11.7. The first-order valence-corrected chi connectivity index (χ1v) is 15.7. The van der Waals surface area contributed by atoms with Crippen LogP contribution in [0.1, 0.15) is 43.6 Å². The van der Waals surface area contributed by atoms with E-state index in [1.54, 1.807) is 87.5 Å². The SMILES string of the molecule is CC(=O)c1ccc(NCCNC(=O)NC(Cc2ccc(-c3noc(-c4ccc(NC(=O)OC(C)(C)C)cc4)n3)c(I)c2)C(=O)O)cc1. The van der Waals surface area contributed by atoms with Crippen LogP contribution in [0.5, 0.6) is 0 Å². The first-order chi connectivity index (χ1) is 22.3. The predicted molar refractivity (Wildman–Crippen MR) is 184 cm³/mol. The standard InChI is InChI=1S/C33H35IN6O7/c1-19(41)21-6-10-23(11-7-21)35-15-16-36-31(44)38-27(30(42)43)18-20-5-14-25(26(34)17-20)28-39-29(47-40-28)22-8-12-24(13-9-22)37-32(45)46-33(2,3)4/h5-14,17,27,35H,15-16,18H2,1-4H3,(H,37,45)(H,42,43)(H2,36,38,44). The zero-order valence-electron chi connectivity index (χ0n) is 26.2. The van der Waals surface area contributed by atoms with Crippen LogP contribution in [0.15, 0.2) is 71.3 Å². The molecule has 0 radical (unpaired) electrons. The molecule has 0 aliphatic carbocycles. The lowest BCUT2D eigenvalue weighted by molar-refractivity contribution is -0.139. The third kappa shape index (κ3) is 10.5. The molecule has 0 spiro atoms. The van der Waals surface area contributed by atoms with Crippen molar-refractivity contribution in [3.05, 3.63) is 81.4 Å². The van der Waals surface area contributed by atoms with Gasteiger partial charge in [-0.3, -0.25) is 10.1 Å². The number of carboxylic acids is 1. The first kappa shape index (κ1) is 34.9. The Hall–Kier alpha value is -4.99. The van der Waals surface area contributed by atoms with Gasteiger partial charge >= 0.3 is 18.1 Å². The summed E-state index contributed by atoms with van der Waals surface area (Å²) in [6, 6.07) is 17.4. The number of urea groups is 1. The van der Waals surface area contributed by atoms with Crippen molar-refractivity contribution in [1.82, 2.24) is 20.8 Å². The van der Waals surface area contributed by atoms with Crippen molar-refractivity contribution in [2.24, 2.45) is 0 Å². The van der Waals surface area contributed by atoms with E-state index < -0.39 is 29.7 Å². The number of carbonyl (C=O) groups is 4. The number of benzene rings is 3. The molecule has 13 nitrogen and oxygen atoms in total. The van der Waals surface area contributed by atoms with Gasteiger partial charge in [-0.05, 0) is 117 Å². The van der Waals surface area contributed by atoms with E-state index in [-0.39, 0.29) is 24.6 Å². The smallest absolute Gasteiger partial charge is 0.412 e. The Morgan fingerprint density at radius 2 is 1.64 bits per heavy atom. The summed E-state index contributed by atoms with van der Waals surface area (Å²) in [6.07, 6.45) is -0.502. The molecule has 5 N–H and O–H groups in total. The summed E-state index contributed by atoms with van der Waals surface area (Å²) in [6.45, 7) is 7.50. The van der Waals surface area contributed by atoms with Gasteiger partial charge in [0.15, 0.2) is 5.78 Å². The highest BCUT2D eigenvalue weighted by molar-refractivity contribution is 14.1. The van der Waals surface area contributed by atoms with Gasteiger partial charge in [-0.1, -0.05) is 11.2 Å². The van der Waals surface area contributed by atoms with Gasteiger partial charge in [0.2, 0.25) is 5.82 Å². The predicted octanol–water partition coefficient (Wildman–Crippen LogP) is 5.96. The molecule has 4 aromatic rings. The number of anilines is 2. The molecule has 0 aliphatic heterocycles. The van der Waals surface area contributed by atoms with Crippen molar-refractivity contribution in [3.8, 4) is 22.8 Å². The van der Waals surface area contributed by atoms with Crippen LogP contribution in [0, 0.1) is 3.57 Å². The van der Waals surface area contributed by atoms with E-state index in [1.165, 1.54) is 6.92 Å². The van der Waals surface area contributed by atoms with Gasteiger partial charge < -0.3 is 30.3 Å². The second-order valence-corrected chi connectivity index (χ2v) is 12.7. The number of rotatable bonds is 12. The molecule has 0 aliphatic rings. The number of nitrogens with zero attached hydrogens (tertiary/aromatic N) is 2. The van der Waals surface area contributed by atoms with Crippen molar-refractivity contribution < 1.29 is 33.5 Å². The van der Waals surface area contributed by atoms with Gasteiger partial charge in [-0.25, -0.2) is 14.4 Å². The molecule has 0 fully saturated rings. The molecule has 1 unspecified atom stereocenters. The van der Waals surface area contributed by atoms with E-state index in [0.717, 1.165) is 9.26 Å². The average molecular weight is 755 g/mol. The summed E-state index contributed by atoms with van der Waals surface area (Å²) in [5.74, 6) is -0.558. The van der Waals surface area contributed by atoms with Crippen LogP contribution in [0.4, 0.5) is 21.0 Å². The van der Waals surface area contributed by atoms with Crippen LogP contribution in [0.3, 0.4) is 0 Å². The number of hydrogen-bond donors (Lipinski definition) is 5. The van der Waals surface area contributed by atoms with Crippen LogP contribution in [-0.4, -0.2) is 63.9 Å². The molecule has 0 bridgehead atoms. The van der Waals surface area contributed by atoms with Crippen LogP contribution >= 0.6 is 22.6 Å². The molecule has 0 saturated carbocycles. The molecule has 0 saturated heterocycles. The van der Waals surface area contributed by atoms with E-state index in [1.807, 2.05) is 0 Å². The fourth-order valence-electron chi connectivity index (χ4n) is 4.29. The minimum Gasteiger partial charge on any atom is -0.480 e. The fraction of sp³-hybridized carbons (Fsp3) is 0.273. The molecule has 3 amide bonds. The number of aromatic nitrogens is 2. The van der Waals surface area contributed by atoms with Crippen molar-refractivity contribution in [3.63, 3.8) is 0 Å². The lowest BCUT2D eigenvalue weighted by Gasteiger charge is -2.19. The Morgan fingerprint density at radius 3 is 2.26 bits per heavy atom. The van der Waals surface area contributed by atoms with E-state index in [9.17, 15) is 24.3 Å². The monoisotopic (exact) mass is 754 g/mol. The average Bonchev–Trinajstić information content (AvgIpc) is 3.48. The number of halogens is 1. The number of carboxylic acid groups (broad SMARTS) is 1. The van der Waals surface area contributed by atoms with Crippen molar-refractivity contribution >= 4 is 57.8 Å². The zero-order chi connectivity index (χ0) is 34.1. The maximum atomic E-state index is 12.4. The van der Waals surface area contributed by atoms with Gasteiger partial charge in [0.25, 0.3) is 5.89 Å². The number of carbonyl (C=O) groups excluding carboxylic acids is 3. The van der Waals surface area contributed by atoms with E-state index in [4.69, 9.17) is 9.26 Å². The van der Waals surface area contributed by atoms with Crippen LogP contribution in [0.25, 0.3) is 22.8 Å². The van der Waals surface area contributed by atoms with Crippen molar-refractivity contribution in [1.29, 1.82) is 0 Å². The number of ketones is 1. The highest BCUT2D eigenvalue weighted by Gasteiger charge is 2.22. The van der Waals surface area contributed by atoms with E-state index in [2.05, 4.69) is 54.0 Å². The quantitative estimate of drug-likeness (QED) is 0.0657. The Balaban J connectivity index is 1.30.